The molecule has 3 unspecified atom stereocenters. The van der Waals surface area contributed by atoms with Crippen LogP contribution in [0.3, 0.4) is 0 Å². The number of morpholine rings is 1. The van der Waals surface area contributed by atoms with Gasteiger partial charge < -0.3 is 10.1 Å². The fourth-order valence-electron chi connectivity index (χ4n) is 3.48. The molecule has 0 bridgehead atoms. The molecule has 1 aliphatic carbocycles. The van der Waals surface area contributed by atoms with Crippen LogP contribution in [0.15, 0.2) is 0 Å². The smallest absolute Gasteiger partial charge is 0.0594 e. The van der Waals surface area contributed by atoms with E-state index in [-0.39, 0.29) is 5.54 Å². The van der Waals surface area contributed by atoms with Gasteiger partial charge in [0.2, 0.25) is 0 Å². The van der Waals surface area contributed by atoms with Crippen molar-refractivity contribution in [2.75, 3.05) is 32.8 Å². The number of hydrogen-bond donors (Lipinski definition) is 1. The monoisotopic (exact) mass is 268 g/mol. The van der Waals surface area contributed by atoms with Gasteiger partial charge in [-0.3, -0.25) is 4.90 Å². The summed E-state index contributed by atoms with van der Waals surface area (Å²) in [5.74, 6) is 1.72. The lowest BCUT2D eigenvalue weighted by Crippen LogP contribution is -2.56. The normalized spacial score (nSPS) is 34.4. The summed E-state index contributed by atoms with van der Waals surface area (Å²) in [5, 5.41) is 3.86. The van der Waals surface area contributed by atoms with Gasteiger partial charge in [0.05, 0.1) is 13.2 Å². The van der Waals surface area contributed by atoms with Crippen LogP contribution in [-0.4, -0.2) is 49.3 Å². The van der Waals surface area contributed by atoms with Crippen molar-refractivity contribution >= 4 is 0 Å². The summed E-state index contributed by atoms with van der Waals surface area (Å²) in [7, 11) is 0. The first-order chi connectivity index (χ1) is 8.99. The Morgan fingerprint density at radius 1 is 1.16 bits per heavy atom. The van der Waals surface area contributed by atoms with E-state index in [2.05, 4.69) is 37.9 Å². The lowest BCUT2D eigenvalue weighted by molar-refractivity contribution is -0.0115. The van der Waals surface area contributed by atoms with E-state index >= 15 is 0 Å². The first-order valence-electron chi connectivity index (χ1n) is 8.05. The van der Waals surface area contributed by atoms with Crippen molar-refractivity contribution in [3.05, 3.63) is 0 Å². The predicted molar refractivity (Wildman–Crippen MR) is 80.4 cm³/mol. The summed E-state index contributed by atoms with van der Waals surface area (Å²) in [6.45, 7) is 14.6. The van der Waals surface area contributed by atoms with Crippen molar-refractivity contribution < 1.29 is 4.74 Å². The van der Waals surface area contributed by atoms with Crippen molar-refractivity contribution in [2.24, 2.45) is 11.8 Å². The highest BCUT2D eigenvalue weighted by molar-refractivity contribution is 4.89. The zero-order valence-electron chi connectivity index (χ0n) is 13.2. The van der Waals surface area contributed by atoms with Gasteiger partial charge >= 0.3 is 0 Å². The third-order valence-electron chi connectivity index (χ3n) is 5.12. The number of ether oxygens (including phenoxy) is 1. The molecule has 2 fully saturated rings. The molecule has 0 amide bonds. The minimum absolute atomic E-state index is 0.240. The lowest BCUT2D eigenvalue weighted by Gasteiger charge is -2.43. The van der Waals surface area contributed by atoms with Crippen LogP contribution >= 0.6 is 0 Å². The molecule has 2 aliphatic rings. The molecule has 19 heavy (non-hydrogen) atoms. The lowest BCUT2D eigenvalue weighted by atomic mass is 9.80. The van der Waals surface area contributed by atoms with Crippen molar-refractivity contribution in [3.63, 3.8) is 0 Å². The molecule has 3 nitrogen and oxygen atoms in total. The molecule has 112 valence electrons. The van der Waals surface area contributed by atoms with Crippen LogP contribution in [0.4, 0.5) is 0 Å². The third-order valence-corrected chi connectivity index (χ3v) is 5.12. The molecule has 3 atom stereocenters. The maximum absolute atomic E-state index is 5.46. The molecule has 0 aromatic carbocycles. The number of rotatable bonds is 4. The van der Waals surface area contributed by atoms with E-state index < -0.39 is 0 Å². The van der Waals surface area contributed by atoms with E-state index in [0.29, 0.717) is 6.04 Å². The fraction of sp³-hybridized carbons (Fsp3) is 1.00. The van der Waals surface area contributed by atoms with Gasteiger partial charge in [-0.2, -0.15) is 0 Å². The van der Waals surface area contributed by atoms with E-state index in [1.807, 2.05) is 0 Å². The number of nitrogens with one attached hydrogen (secondary N) is 1. The van der Waals surface area contributed by atoms with Crippen LogP contribution in [0, 0.1) is 11.8 Å². The second-order valence-corrected chi connectivity index (χ2v) is 7.29. The van der Waals surface area contributed by atoms with Gasteiger partial charge in [0, 0.05) is 31.2 Å². The Bertz CT molecular complexity index is 274. The first kappa shape index (κ1) is 15.3. The van der Waals surface area contributed by atoms with Crippen molar-refractivity contribution in [1.29, 1.82) is 0 Å². The van der Waals surface area contributed by atoms with E-state index in [1.54, 1.807) is 0 Å². The zero-order chi connectivity index (χ0) is 13.9. The molecule has 0 spiro atoms. The van der Waals surface area contributed by atoms with Gasteiger partial charge in [0.15, 0.2) is 0 Å². The maximum atomic E-state index is 5.46. The molecular formula is C16H32N2O. The Labute approximate surface area is 119 Å². The second-order valence-electron chi connectivity index (χ2n) is 7.29. The van der Waals surface area contributed by atoms with Crippen LogP contribution in [0.2, 0.25) is 0 Å². The molecule has 1 saturated heterocycles. The Hall–Kier alpha value is -0.120. The molecule has 1 heterocycles. The minimum atomic E-state index is 0.240. The highest BCUT2D eigenvalue weighted by Crippen LogP contribution is 2.29. The minimum Gasteiger partial charge on any atom is -0.379 e. The highest BCUT2D eigenvalue weighted by atomic mass is 16.5. The summed E-state index contributed by atoms with van der Waals surface area (Å²) in [4.78, 5) is 2.57. The molecular weight excluding hydrogens is 236 g/mol. The van der Waals surface area contributed by atoms with Gasteiger partial charge in [-0.1, -0.05) is 20.3 Å². The first-order valence-corrected chi connectivity index (χ1v) is 8.05. The third kappa shape index (κ3) is 4.17. The van der Waals surface area contributed by atoms with Gasteiger partial charge in [-0.15, -0.1) is 0 Å². The van der Waals surface area contributed by atoms with E-state index in [0.717, 1.165) is 44.7 Å². The van der Waals surface area contributed by atoms with E-state index in [4.69, 9.17) is 4.74 Å². The van der Waals surface area contributed by atoms with Crippen LogP contribution in [0.25, 0.3) is 0 Å². The molecule has 1 N–H and O–H groups in total. The topological polar surface area (TPSA) is 24.5 Å². The van der Waals surface area contributed by atoms with E-state index in [9.17, 15) is 0 Å². The molecule has 0 radical (unpaired) electrons. The fourth-order valence-corrected chi connectivity index (χ4v) is 3.48. The van der Waals surface area contributed by atoms with Gasteiger partial charge in [-0.05, 0) is 38.5 Å². The van der Waals surface area contributed by atoms with Crippen LogP contribution in [0.5, 0.6) is 0 Å². The maximum Gasteiger partial charge on any atom is 0.0594 e. The summed E-state index contributed by atoms with van der Waals surface area (Å²) in [6, 6.07) is 0.712. The summed E-state index contributed by atoms with van der Waals surface area (Å²) in [6.07, 6.45) is 4.14. The van der Waals surface area contributed by atoms with E-state index in [1.165, 1.54) is 19.3 Å². The molecule has 2 rings (SSSR count). The van der Waals surface area contributed by atoms with Crippen molar-refractivity contribution in [1.82, 2.24) is 10.2 Å². The Morgan fingerprint density at radius 2 is 1.84 bits per heavy atom. The Balaban J connectivity index is 1.82. The van der Waals surface area contributed by atoms with Crippen LogP contribution in [-0.2, 0) is 4.74 Å². The Morgan fingerprint density at radius 3 is 2.53 bits per heavy atom. The predicted octanol–water partition coefficient (Wildman–Crippen LogP) is 2.51. The number of nitrogens with zero attached hydrogens (tertiary/aromatic N) is 1. The van der Waals surface area contributed by atoms with Gasteiger partial charge in [-0.25, -0.2) is 0 Å². The molecule has 1 saturated carbocycles. The van der Waals surface area contributed by atoms with Gasteiger partial charge in [0.25, 0.3) is 0 Å². The summed E-state index contributed by atoms with van der Waals surface area (Å²) in [5.41, 5.74) is 0.240. The summed E-state index contributed by atoms with van der Waals surface area (Å²) < 4.78 is 5.46. The quantitative estimate of drug-likeness (QED) is 0.848. The largest absolute Gasteiger partial charge is 0.379 e. The summed E-state index contributed by atoms with van der Waals surface area (Å²) >= 11 is 0. The molecule has 1 aliphatic heterocycles. The molecule has 0 aromatic heterocycles. The average molecular weight is 268 g/mol. The average Bonchev–Trinajstić information content (AvgIpc) is 2.41. The Kier molecular flexibility index (Phi) is 5.27. The van der Waals surface area contributed by atoms with Crippen molar-refractivity contribution in [3.8, 4) is 0 Å². The highest BCUT2D eigenvalue weighted by Gasteiger charge is 2.31. The zero-order valence-corrected chi connectivity index (χ0v) is 13.2. The molecule has 3 heteroatoms. The van der Waals surface area contributed by atoms with Crippen molar-refractivity contribution in [2.45, 2.75) is 58.5 Å². The van der Waals surface area contributed by atoms with Gasteiger partial charge in [0.1, 0.15) is 0 Å². The van der Waals surface area contributed by atoms with Crippen LogP contribution < -0.4 is 5.32 Å². The SMILES string of the molecule is CC1CCC(C)C(NCC(C)(C)N2CCOCC2)C1. The number of hydrogen-bond acceptors (Lipinski definition) is 3. The molecule has 0 aromatic rings. The van der Waals surface area contributed by atoms with Crippen LogP contribution in [0.1, 0.15) is 47.0 Å². The standard InChI is InChI=1S/C16H32N2O/c1-13-5-6-14(2)15(11-13)17-12-16(3,4)18-7-9-19-10-8-18/h13-15,17H,5-12H2,1-4H3. The second kappa shape index (κ2) is 6.55.